The fraction of sp³-hybridized carbons (Fsp3) is 0.102. The molecule has 0 atom stereocenters. The third kappa shape index (κ3) is 13.8. The number of aryl methyl sites for hydroxylation is 12. The van der Waals surface area contributed by atoms with Crippen LogP contribution in [0, 0.1) is 55.2 Å². The zero-order valence-corrected chi connectivity index (χ0v) is 71.9. The van der Waals surface area contributed by atoms with E-state index in [9.17, 15) is 0 Å². The van der Waals surface area contributed by atoms with E-state index in [1.807, 2.05) is 121 Å². The molecule has 24 aromatic rings. The van der Waals surface area contributed by atoms with E-state index in [1.54, 1.807) is 12.4 Å². The Bertz CT molecular complexity index is 8800. The molecule has 8 heteroatoms. The number of hydrogen-bond acceptors (Lipinski definition) is 4. The van der Waals surface area contributed by atoms with Gasteiger partial charge in [0, 0.05) is 92.8 Å². The highest BCUT2D eigenvalue weighted by atomic mass is 16.3. The number of pyridine rings is 4. The van der Waals surface area contributed by atoms with E-state index >= 15 is 0 Å². The Labute approximate surface area is 740 Å². The van der Waals surface area contributed by atoms with E-state index in [2.05, 4.69) is 307 Å². The molecule has 8 nitrogen and oxygen atoms in total. The van der Waals surface area contributed by atoms with Gasteiger partial charge in [0.2, 0.25) is 22.8 Å². The van der Waals surface area contributed by atoms with Gasteiger partial charge in [0.25, 0.3) is 0 Å². The van der Waals surface area contributed by atoms with E-state index < -0.39 is 13.7 Å². The predicted molar refractivity (Wildman–Crippen MR) is 523 cm³/mol. The quantitative estimate of drug-likeness (QED) is 0.149. The molecule has 0 aliphatic heterocycles. The van der Waals surface area contributed by atoms with Gasteiger partial charge >= 0.3 is 0 Å². The first-order valence-electron chi connectivity index (χ1n) is 45.9. The Morgan fingerprint density at radius 2 is 0.540 bits per heavy atom. The van der Waals surface area contributed by atoms with Crippen molar-refractivity contribution < 1.29 is 44.2 Å². The highest BCUT2D eigenvalue weighted by molar-refractivity contribution is 6.18. The summed E-state index contributed by atoms with van der Waals surface area (Å²) in [5.74, 6) is 0. The lowest BCUT2D eigenvalue weighted by Gasteiger charge is -2.10. The maximum absolute atomic E-state index is 8.20. The lowest BCUT2D eigenvalue weighted by atomic mass is 9.95. The van der Waals surface area contributed by atoms with Crippen LogP contribution in [0.3, 0.4) is 0 Å². The first-order valence-corrected chi connectivity index (χ1v) is 42.9. The number of furan rings is 4. The third-order valence-corrected chi connectivity index (χ3v) is 25.4. The van der Waals surface area contributed by atoms with E-state index in [-0.39, 0.29) is 0 Å². The second-order valence-electron chi connectivity index (χ2n) is 33.8. The molecule has 24 rings (SSSR count). The fourth-order valence-electron chi connectivity index (χ4n) is 18.7. The number of hydrogen-bond donors (Lipinski definition) is 0. The monoisotopic (exact) mass is 1640 g/mol. The van der Waals surface area contributed by atoms with E-state index in [1.165, 1.54) is 92.9 Å². The minimum Gasteiger partial charge on any atom is -0.455 e. The van der Waals surface area contributed by atoms with Gasteiger partial charge in [0.05, 0.1) is 27.6 Å². The van der Waals surface area contributed by atoms with Gasteiger partial charge in [-0.1, -0.05) is 254 Å². The topological polar surface area (TPSA) is 68.1 Å². The van der Waals surface area contributed by atoms with Crippen molar-refractivity contribution in [2.75, 3.05) is 0 Å². The van der Waals surface area contributed by atoms with Crippen LogP contribution in [0.15, 0.2) is 370 Å². The van der Waals surface area contributed by atoms with Gasteiger partial charge in [-0.3, -0.25) is 0 Å². The molecular formula is C118H94N4O4+4. The highest BCUT2D eigenvalue weighted by Gasteiger charge is 2.29. The minimum atomic E-state index is -2.24. The smallest absolute Gasteiger partial charge is 0.224 e. The SMILES string of the molecule is Cc1ccc(-c2cc[n+](C)c(-c3c(C)ccc4c3oc3cc5ccccc5cc34)c2)cc1.Cc1ccc2c(oc3cc4ccccc4cc32)c1-c1c2ccccc2cc[n+]1C.[2H]C([2H])([2H])c1c[n+](C)c(-c2c(C)ccc3c2oc2cc4ccccc4cc23)cc1-c1ccc(C)cc1.[2H]C([2H])([2H])c1c[n+](C)c(-c2c(C)ccc3c2oc2cc4ccccc4cc23)cc1-c1ccccc1. The summed E-state index contributed by atoms with van der Waals surface area (Å²) in [5.41, 5.74) is 28.7. The van der Waals surface area contributed by atoms with Crippen molar-refractivity contribution in [1.29, 1.82) is 0 Å². The maximum Gasteiger partial charge on any atom is 0.224 e. The largest absolute Gasteiger partial charge is 0.455 e. The van der Waals surface area contributed by atoms with Crippen molar-refractivity contribution in [1.82, 2.24) is 0 Å². The lowest BCUT2D eigenvalue weighted by Crippen LogP contribution is -2.31. The average molecular weight is 1640 g/mol. The summed E-state index contributed by atoms with van der Waals surface area (Å²) in [6.45, 7) is 8.14. The summed E-state index contributed by atoms with van der Waals surface area (Å²) in [6.07, 6.45) is 7.75. The third-order valence-electron chi connectivity index (χ3n) is 25.4. The molecule has 0 bridgehead atoms. The molecular weight excluding hydrogens is 1540 g/mol. The van der Waals surface area contributed by atoms with Crippen LogP contribution in [0.5, 0.6) is 0 Å². The molecule has 0 amide bonds. The minimum absolute atomic E-state index is 0.329. The summed E-state index contributed by atoms with van der Waals surface area (Å²) in [6, 6.07) is 114. The second-order valence-corrected chi connectivity index (χ2v) is 33.8. The number of benzene rings is 16. The van der Waals surface area contributed by atoms with Crippen molar-refractivity contribution in [3.05, 3.63) is 397 Å². The normalized spacial score (nSPS) is 12.6. The van der Waals surface area contributed by atoms with Gasteiger partial charge in [0.1, 0.15) is 72.9 Å². The van der Waals surface area contributed by atoms with E-state index in [0.29, 0.717) is 22.3 Å². The summed E-state index contributed by atoms with van der Waals surface area (Å²) < 4.78 is 83.3. The van der Waals surface area contributed by atoms with E-state index in [4.69, 9.17) is 25.9 Å². The molecule has 0 saturated heterocycles. The van der Waals surface area contributed by atoms with Crippen LogP contribution in [0.4, 0.5) is 0 Å². The predicted octanol–water partition coefficient (Wildman–Crippen LogP) is 29.5. The van der Waals surface area contributed by atoms with Gasteiger partial charge in [-0.25, -0.2) is 18.3 Å². The Balaban J connectivity index is 0.000000106. The summed E-state index contributed by atoms with van der Waals surface area (Å²) in [7, 11) is 8.01. The molecule has 8 heterocycles. The van der Waals surface area contributed by atoms with Gasteiger partial charge in [-0.15, -0.1) is 0 Å². The van der Waals surface area contributed by atoms with Crippen molar-refractivity contribution in [2.24, 2.45) is 28.2 Å². The van der Waals surface area contributed by atoms with Crippen molar-refractivity contribution in [2.45, 2.75) is 55.2 Å². The zero-order chi connectivity index (χ0) is 90.9. The molecule has 0 aliphatic carbocycles. The molecule has 8 aromatic heterocycles. The number of fused-ring (bicyclic) bond motifs is 17. The molecule has 0 aliphatic rings. The Morgan fingerprint density at radius 3 is 0.929 bits per heavy atom. The second kappa shape index (κ2) is 31.5. The molecule has 0 N–H and O–H groups in total. The van der Waals surface area contributed by atoms with Crippen LogP contribution < -0.4 is 18.3 Å². The maximum atomic E-state index is 8.20. The number of aromatic nitrogens is 4. The summed E-state index contributed by atoms with van der Waals surface area (Å²) in [4.78, 5) is 0. The number of rotatable bonds is 7. The van der Waals surface area contributed by atoms with Crippen LogP contribution in [0.25, 0.3) is 220 Å². The van der Waals surface area contributed by atoms with Crippen LogP contribution in [-0.4, -0.2) is 0 Å². The van der Waals surface area contributed by atoms with Gasteiger partial charge in [0.15, 0.2) is 24.8 Å². The molecule has 606 valence electrons. The lowest BCUT2D eigenvalue weighted by molar-refractivity contribution is -0.660. The van der Waals surface area contributed by atoms with Crippen molar-refractivity contribution in [3.63, 3.8) is 0 Å². The summed E-state index contributed by atoms with van der Waals surface area (Å²) >= 11 is 0. The first-order chi connectivity index (χ1) is 63.8. The molecule has 0 radical (unpaired) electrons. The van der Waals surface area contributed by atoms with Gasteiger partial charge < -0.3 is 17.7 Å². The molecule has 16 aromatic carbocycles. The fourth-order valence-corrected chi connectivity index (χ4v) is 18.7. The van der Waals surface area contributed by atoms with Gasteiger partial charge in [-0.2, -0.15) is 0 Å². The molecule has 0 fully saturated rings. The van der Waals surface area contributed by atoms with Crippen LogP contribution in [0.1, 0.15) is 52.7 Å². The zero-order valence-electron chi connectivity index (χ0n) is 77.9. The first kappa shape index (κ1) is 71.2. The van der Waals surface area contributed by atoms with Crippen molar-refractivity contribution >= 4 is 142 Å². The Kier molecular flexibility index (Phi) is 17.8. The molecule has 0 unspecified atom stereocenters. The van der Waals surface area contributed by atoms with Crippen LogP contribution in [-0.2, 0) is 28.2 Å². The van der Waals surface area contributed by atoms with Crippen LogP contribution in [0.2, 0.25) is 0 Å². The molecule has 0 spiro atoms. The van der Waals surface area contributed by atoms with Crippen molar-refractivity contribution in [3.8, 4) is 78.4 Å². The standard InChI is InChI=1S/C31H26NO.2C30H24NO.C27H20NO/c1-19-9-12-22(13-10-19)26-17-28(32(4)18-21(26)3)30-20(2)11-14-25-27-15-23-7-5-6-8-24(23)16-29(27)33-31(25)30;1-19-13-14-24-26-15-22-11-7-8-12-23(22)16-28(26)32-30(24)29(19)27-17-25(20(2)18-31(27)3)21-9-5-4-6-10-21;1-19-8-11-21(12-9-19)24-14-15-31(3)27(17-24)29-20(2)10-13-25-26-16-22-6-4-5-7-23(22)18-28(26)32-30(25)29;1-17-11-12-22-23-15-19-8-3-4-9-20(19)16-24(23)29-27(22)25(17)26-21-10-6-5-7-18(21)13-14-28(26)2/h5-18H,1-4H3;2*4-18H,1-3H3;3-16H,1-2H3/q4*+1/i3D3;2D3;;. The Morgan fingerprint density at radius 1 is 0.222 bits per heavy atom. The van der Waals surface area contributed by atoms with Gasteiger partial charge in [-0.05, 0) is 214 Å². The van der Waals surface area contributed by atoms with E-state index in [0.717, 1.165) is 149 Å². The molecule has 126 heavy (non-hydrogen) atoms. The van der Waals surface area contributed by atoms with Crippen LogP contribution >= 0.6 is 0 Å². The molecule has 0 saturated carbocycles. The Hall–Kier alpha value is -15.4. The summed E-state index contributed by atoms with van der Waals surface area (Å²) in [5, 5.41) is 20.9. The highest BCUT2D eigenvalue weighted by Crippen LogP contribution is 2.46. The average Bonchev–Trinajstić information content (AvgIpc) is 1.58. The number of nitrogens with zero attached hydrogens (tertiary/aromatic N) is 4.